The molecule has 1 atom stereocenters. The summed E-state index contributed by atoms with van der Waals surface area (Å²) in [6.45, 7) is 5.73. The zero-order valence-electron chi connectivity index (χ0n) is 13.8. The lowest BCUT2D eigenvalue weighted by atomic mass is 10.2. The molecule has 0 amide bonds. The van der Waals surface area contributed by atoms with E-state index in [1.807, 2.05) is 19.0 Å². The number of hydrogen-bond donors (Lipinski definition) is 2. The van der Waals surface area contributed by atoms with E-state index in [9.17, 15) is 0 Å². The third-order valence-corrected chi connectivity index (χ3v) is 2.89. The fourth-order valence-corrected chi connectivity index (χ4v) is 1.87. The molecular formula is C14H28N6O. The number of aromatic nitrogens is 3. The minimum atomic E-state index is 0.205. The Kier molecular flexibility index (Phi) is 7.74. The highest BCUT2D eigenvalue weighted by Gasteiger charge is 2.12. The van der Waals surface area contributed by atoms with Crippen LogP contribution >= 0.6 is 0 Å². The van der Waals surface area contributed by atoms with Gasteiger partial charge in [0, 0.05) is 27.7 Å². The molecule has 120 valence electrons. The molecule has 1 rings (SSSR count). The first-order valence-electron chi connectivity index (χ1n) is 7.53. The zero-order valence-corrected chi connectivity index (χ0v) is 13.8. The van der Waals surface area contributed by atoms with E-state index in [1.54, 1.807) is 7.11 Å². The minimum absolute atomic E-state index is 0.205. The van der Waals surface area contributed by atoms with E-state index >= 15 is 0 Å². The van der Waals surface area contributed by atoms with Crippen molar-refractivity contribution in [2.75, 3.05) is 49.9 Å². The van der Waals surface area contributed by atoms with Crippen molar-refractivity contribution < 1.29 is 4.74 Å². The first-order valence-corrected chi connectivity index (χ1v) is 7.53. The summed E-state index contributed by atoms with van der Waals surface area (Å²) in [5, 5.41) is 6.55. The van der Waals surface area contributed by atoms with Crippen LogP contribution in [0.2, 0.25) is 0 Å². The van der Waals surface area contributed by atoms with Crippen LogP contribution in [0.1, 0.15) is 33.1 Å². The topological polar surface area (TPSA) is 75.2 Å². The molecule has 1 aromatic heterocycles. The Morgan fingerprint density at radius 2 is 1.81 bits per heavy atom. The third-order valence-electron chi connectivity index (χ3n) is 2.89. The van der Waals surface area contributed by atoms with E-state index in [0.29, 0.717) is 24.5 Å². The van der Waals surface area contributed by atoms with E-state index < -0.39 is 0 Å². The molecule has 1 aromatic rings. The number of nitrogens with zero attached hydrogens (tertiary/aromatic N) is 4. The molecule has 1 unspecified atom stereocenters. The van der Waals surface area contributed by atoms with E-state index in [2.05, 4.69) is 39.4 Å². The number of rotatable bonds is 10. The second-order valence-electron chi connectivity index (χ2n) is 5.19. The van der Waals surface area contributed by atoms with Crippen LogP contribution in [0.25, 0.3) is 0 Å². The summed E-state index contributed by atoms with van der Waals surface area (Å²) in [6, 6.07) is 0.205. The molecule has 0 radical (unpaired) electrons. The van der Waals surface area contributed by atoms with Crippen molar-refractivity contribution in [2.45, 2.75) is 39.2 Å². The lowest BCUT2D eigenvalue weighted by molar-refractivity contribution is 0.182. The summed E-state index contributed by atoms with van der Waals surface area (Å²) in [4.78, 5) is 15.1. The van der Waals surface area contributed by atoms with E-state index in [-0.39, 0.29) is 6.04 Å². The van der Waals surface area contributed by atoms with Crippen molar-refractivity contribution in [1.29, 1.82) is 0 Å². The Bertz CT molecular complexity index is 406. The summed E-state index contributed by atoms with van der Waals surface area (Å²) < 4.78 is 5.24. The molecule has 21 heavy (non-hydrogen) atoms. The van der Waals surface area contributed by atoms with Gasteiger partial charge in [-0.1, -0.05) is 20.3 Å². The van der Waals surface area contributed by atoms with Gasteiger partial charge in [0.15, 0.2) is 0 Å². The molecule has 0 aliphatic rings. The van der Waals surface area contributed by atoms with Gasteiger partial charge in [0.1, 0.15) is 0 Å². The molecule has 0 saturated heterocycles. The highest BCUT2D eigenvalue weighted by atomic mass is 16.5. The predicted molar refractivity (Wildman–Crippen MR) is 87.1 cm³/mol. The van der Waals surface area contributed by atoms with Gasteiger partial charge in [0.2, 0.25) is 17.8 Å². The molecule has 1 heterocycles. The first kappa shape index (κ1) is 17.4. The second-order valence-corrected chi connectivity index (χ2v) is 5.19. The number of anilines is 3. The largest absolute Gasteiger partial charge is 0.383 e. The zero-order chi connectivity index (χ0) is 15.7. The Balaban J connectivity index is 2.89. The molecule has 0 fully saturated rings. The van der Waals surface area contributed by atoms with Gasteiger partial charge < -0.3 is 20.3 Å². The Labute approximate surface area is 127 Å². The van der Waals surface area contributed by atoms with Crippen LogP contribution in [-0.2, 0) is 4.74 Å². The van der Waals surface area contributed by atoms with E-state index in [1.165, 1.54) is 0 Å². The molecule has 0 saturated carbocycles. The predicted octanol–water partition coefficient (Wildman–Crippen LogP) is 1.99. The monoisotopic (exact) mass is 296 g/mol. The fraction of sp³-hybridized carbons (Fsp3) is 0.786. The second kappa shape index (κ2) is 9.33. The Hall–Kier alpha value is -1.63. The van der Waals surface area contributed by atoms with Crippen molar-refractivity contribution in [3.63, 3.8) is 0 Å². The summed E-state index contributed by atoms with van der Waals surface area (Å²) >= 11 is 0. The smallest absolute Gasteiger partial charge is 0.231 e. The highest BCUT2D eigenvalue weighted by Crippen LogP contribution is 2.13. The fourth-order valence-electron chi connectivity index (χ4n) is 1.87. The van der Waals surface area contributed by atoms with Crippen LogP contribution in [-0.4, -0.2) is 55.4 Å². The van der Waals surface area contributed by atoms with Gasteiger partial charge in [-0.2, -0.15) is 15.0 Å². The van der Waals surface area contributed by atoms with Gasteiger partial charge in [-0.25, -0.2) is 0 Å². The third kappa shape index (κ3) is 6.12. The lowest BCUT2D eigenvalue weighted by Gasteiger charge is -2.19. The molecule has 0 aliphatic heterocycles. The minimum Gasteiger partial charge on any atom is -0.383 e. The van der Waals surface area contributed by atoms with Crippen molar-refractivity contribution in [2.24, 2.45) is 0 Å². The lowest BCUT2D eigenvalue weighted by Crippen LogP contribution is -2.27. The van der Waals surface area contributed by atoms with Crippen LogP contribution in [0.5, 0.6) is 0 Å². The van der Waals surface area contributed by atoms with Crippen LogP contribution in [0.4, 0.5) is 17.8 Å². The van der Waals surface area contributed by atoms with Crippen molar-refractivity contribution in [1.82, 2.24) is 15.0 Å². The van der Waals surface area contributed by atoms with Gasteiger partial charge in [-0.05, 0) is 12.8 Å². The number of nitrogens with one attached hydrogen (secondary N) is 2. The summed E-state index contributed by atoms with van der Waals surface area (Å²) in [5.41, 5.74) is 0. The summed E-state index contributed by atoms with van der Waals surface area (Å²) in [7, 11) is 5.54. The molecule has 0 aliphatic carbocycles. The van der Waals surface area contributed by atoms with Crippen molar-refractivity contribution in [3.05, 3.63) is 0 Å². The molecule has 7 heteroatoms. The number of hydrogen-bond acceptors (Lipinski definition) is 7. The molecule has 2 N–H and O–H groups in total. The van der Waals surface area contributed by atoms with Crippen LogP contribution in [0.15, 0.2) is 0 Å². The maximum absolute atomic E-state index is 5.24. The van der Waals surface area contributed by atoms with Gasteiger partial charge in [-0.3, -0.25) is 0 Å². The Morgan fingerprint density at radius 3 is 2.38 bits per heavy atom. The molecular weight excluding hydrogens is 268 g/mol. The first-order chi connectivity index (χ1) is 10.1. The van der Waals surface area contributed by atoms with E-state index in [0.717, 1.165) is 25.8 Å². The molecule has 7 nitrogen and oxygen atoms in total. The highest BCUT2D eigenvalue weighted by molar-refractivity contribution is 5.43. The number of ether oxygens (including phenoxy) is 1. The quantitative estimate of drug-likeness (QED) is 0.684. The van der Waals surface area contributed by atoms with Crippen molar-refractivity contribution in [3.8, 4) is 0 Å². The maximum atomic E-state index is 5.24. The average molecular weight is 296 g/mol. The maximum Gasteiger partial charge on any atom is 0.231 e. The Morgan fingerprint density at radius 1 is 1.10 bits per heavy atom. The van der Waals surface area contributed by atoms with Crippen molar-refractivity contribution >= 4 is 17.8 Å². The summed E-state index contributed by atoms with van der Waals surface area (Å²) in [5.74, 6) is 1.83. The normalized spacial score (nSPS) is 12.0. The molecule has 0 bridgehead atoms. The molecule has 0 aromatic carbocycles. The van der Waals surface area contributed by atoms with Crippen LogP contribution < -0.4 is 15.5 Å². The van der Waals surface area contributed by atoms with Gasteiger partial charge >= 0.3 is 0 Å². The van der Waals surface area contributed by atoms with Gasteiger partial charge in [-0.15, -0.1) is 0 Å². The summed E-state index contributed by atoms with van der Waals surface area (Å²) in [6.07, 6.45) is 3.11. The molecule has 0 spiro atoms. The van der Waals surface area contributed by atoms with Gasteiger partial charge in [0.05, 0.1) is 12.6 Å². The standard InChI is InChI=1S/C14H28N6O/c1-6-8-11(10-21-5)16-13-17-12(15-9-7-2)18-14(19-13)20(3)4/h11H,6-10H2,1-5H3,(H2,15,16,17,18,19). The van der Waals surface area contributed by atoms with Gasteiger partial charge in [0.25, 0.3) is 0 Å². The van der Waals surface area contributed by atoms with Crippen LogP contribution in [0, 0.1) is 0 Å². The average Bonchev–Trinajstić information content (AvgIpc) is 2.45. The SMILES string of the molecule is CCCNc1nc(NC(CCC)COC)nc(N(C)C)n1. The van der Waals surface area contributed by atoms with Crippen LogP contribution in [0.3, 0.4) is 0 Å². The number of methoxy groups -OCH3 is 1. The van der Waals surface area contributed by atoms with E-state index in [4.69, 9.17) is 4.74 Å².